The fourth-order valence-electron chi connectivity index (χ4n) is 2.71. The number of pyridine rings is 1. The van der Waals surface area contributed by atoms with Crippen LogP contribution in [0.4, 0.5) is 22.0 Å². The number of aromatic nitrogens is 1. The van der Waals surface area contributed by atoms with E-state index in [9.17, 15) is 4.79 Å². The number of likely N-dealkylation sites (N-methyl/N-ethyl adjacent to an activating group) is 1. The van der Waals surface area contributed by atoms with Crippen LogP contribution in [-0.2, 0) is 0 Å². The minimum absolute atomic E-state index is 0.194. The SMILES string of the molecule is CCN1CCN(C(=O)Nc2ccc(C)cc2Cl)c2cccnc21. The number of rotatable bonds is 2. The topological polar surface area (TPSA) is 48.5 Å². The van der Waals surface area contributed by atoms with Gasteiger partial charge in [-0.3, -0.25) is 4.90 Å². The zero-order valence-electron chi connectivity index (χ0n) is 13.2. The van der Waals surface area contributed by atoms with Crippen molar-refractivity contribution >= 4 is 34.8 Å². The molecule has 2 heterocycles. The van der Waals surface area contributed by atoms with E-state index in [0.29, 0.717) is 17.3 Å². The zero-order valence-corrected chi connectivity index (χ0v) is 14.0. The molecular weight excluding hydrogens is 312 g/mol. The van der Waals surface area contributed by atoms with Crippen molar-refractivity contribution in [1.82, 2.24) is 4.98 Å². The van der Waals surface area contributed by atoms with E-state index in [2.05, 4.69) is 22.1 Å². The Morgan fingerprint density at radius 1 is 1.35 bits per heavy atom. The van der Waals surface area contributed by atoms with Crippen LogP contribution in [0, 0.1) is 6.92 Å². The highest BCUT2D eigenvalue weighted by molar-refractivity contribution is 6.33. The van der Waals surface area contributed by atoms with E-state index in [0.717, 1.165) is 30.2 Å². The number of nitrogens with zero attached hydrogens (tertiary/aromatic N) is 3. The van der Waals surface area contributed by atoms with Gasteiger partial charge >= 0.3 is 6.03 Å². The number of hydrogen-bond donors (Lipinski definition) is 1. The molecule has 1 N–H and O–H groups in total. The van der Waals surface area contributed by atoms with Crippen LogP contribution >= 0.6 is 11.6 Å². The number of carbonyl (C=O) groups excluding carboxylic acids is 1. The number of urea groups is 1. The second kappa shape index (κ2) is 6.46. The molecule has 1 aliphatic heterocycles. The molecule has 0 radical (unpaired) electrons. The van der Waals surface area contributed by atoms with Gasteiger partial charge in [-0.15, -0.1) is 0 Å². The van der Waals surface area contributed by atoms with Gasteiger partial charge in [0, 0.05) is 25.8 Å². The molecule has 3 rings (SSSR count). The predicted molar refractivity (Wildman–Crippen MR) is 94.7 cm³/mol. The average Bonchev–Trinajstić information content (AvgIpc) is 2.56. The summed E-state index contributed by atoms with van der Waals surface area (Å²) in [6, 6.07) is 9.15. The molecule has 0 fully saturated rings. The van der Waals surface area contributed by atoms with E-state index < -0.39 is 0 Å². The van der Waals surface area contributed by atoms with Crippen molar-refractivity contribution in [3.63, 3.8) is 0 Å². The van der Waals surface area contributed by atoms with Gasteiger partial charge in [-0.05, 0) is 43.7 Å². The number of fused-ring (bicyclic) bond motifs is 1. The van der Waals surface area contributed by atoms with Crippen molar-refractivity contribution in [2.75, 3.05) is 34.8 Å². The summed E-state index contributed by atoms with van der Waals surface area (Å²) in [5, 5.41) is 3.43. The van der Waals surface area contributed by atoms with E-state index in [-0.39, 0.29) is 6.03 Å². The molecule has 5 nitrogen and oxygen atoms in total. The van der Waals surface area contributed by atoms with Crippen LogP contribution in [0.3, 0.4) is 0 Å². The number of nitrogens with one attached hydrogen (secondary N) is 1. The van der Waals surface area contributed by atoms with E-state index in [1.807, 2.05) is 37.3 Å². The third-order valence-corrected chi connectivity index (χ3v) is 4.26. The summed E-state index contributed by atoms with van der Waals surface area (Å²) < 4.78 is 0. The van der Waals surface area contributed by atoms with Gasteiger partial charge in [0.05, 0.1) is 16.4 Å². The molecule has 23 heavy (non-hydrogen) atoms. The van der Waals surface area contributed by atoms with Gasteiger partial charge in [-0.2, -0.15) is 0 Å². The second-order valence-electron chi connectivity index (χ2n) is 5.49. The predicted octanol–water partition coefficient (Wildman–Crippen LogP) is 3.92. The number of halogens is 1. The maximum atomic E-state index is 12.7. The molecule has 0 atom stereocenters. The number of carbonyl (C=O) groups is 1. The fraction of sp³-hybridized carbons (Fsp3) is 0.294. The maximum Gasteiger partial charge on any atom is 0.326 e. The number of hydrogen-bond acceptors (Lipinski definition) is 3. The summed E-state index contributed by atoms with van der Waals surface area (Å²) in [7, 11) is 0. The first-order valence-electron chi connectivity index (χ1n) is 7.64. The number of benzene rings is 1. The van der Waals surface area contributed by atoms with Crippen LogP contribution in [0.2, 0.25) is 5.02 Å². The summed E-state index contributed by atoms with van der Waals surface area (Å²) in [5.41, 5.74) is 2.49. The summed E-state index contributed by atoms with van der Waals surface area (Å²) in [4.78, 5) is 21.0. The van der Waals surface area contributed by atoms with Crippen LogP contribution in [0.1, 0.15) is 12.5 Å². The molecule has 0 aliphatic carbocycles. The lowest BCUT2D eigenvalue weighted by Crippen LogP contribution is -2.46. The van der Waals surface area contributed by atoms with E-state index in [1.54, 1.807) is 11.1 Å². The quantitative estimate of drug-likeness (QED) is 0.907. The van der Waals surface area contributed by atoms with Crippen molar-refractivity contribution < 1.29 is 4.79 Å². The van der Waals surface area contributed by atoms with Crippen LogP contribution in [0.15, 0.2) is 36.5 Å². The highest BCUT2D eigenvalue weighted by atomic mass is 35.5. The standard InChI is InChI=1S/C17H19ClN4O/c1-3-21-9-10-22(15-5-4-8-19-16(15)21)17(23)20-14-7-6-12(2)11-13(14)18/h4-8,11H,3,9-10H2,1-2H3,(H,20,23). The first-order valence-corrected chi connectivity index (χ1v) is 8.02. The monoisotopic (exact) mass is 330 g/mol. The van der Waals surface area contributed by atoms with Crippen molar-refractivity contribution in [3.05, 3.63) is 47.1 Å². The molecule has 1 aromatic heterocycles. The smallest absolute Gasteiger partial charge is 0.326 e. The van der Waals surface area contributed by atoms with Gasteiger partial charge in [-0.1, -0.05) is 17.7 Å². The molecule has 0 saturated heterocycles. The third kappa shape index (κ3) is 3.10. The molecule has 0 bridgehead atoms. The largest absolute Gasteiger partial charge is 0.353 e. The first-order chi connectivity index (χ1) is 11.1. The van der Waals surface area contributed by atoms with Gasteiger partial charge in [0.25, 0.3) is 0 Å². The zero-order chi connectivity index (χ0) is 16.4. The molecule has 120 valence electrons. The third-order valence-electron chi connectivity index (χ3n) is 3.94. The van der Waals surface area contributed by atoms with E-state index in [1.165, 1.54) is 0 Å². The fourth-order valence-corrected chi connectivity index (χ4v) is 3.00. The Kier molecular flexibility index (Phi) is 4.39. The molecule has 1 aromatic carbocycles. The van der Waals surface area contributed by atoms with Gasteiger partial charge in [0.2, 0.25) is 0 Å². The molecule has 2 aromatic rings. The Bertz CT molecular complexity index is 734. The van der Waals surface area contributed by atoms with Crippen LogP contribution < -0.4 is 15.1 Å². The lowest BCUT2D eigenvalue weighted by atomic mass is 10.2. The van der Waals surface area contributed by atoms with Gasteiger partial charge in [0.1, 0.15) is 0 Å². The molecule has 6 heteroatoms. The Morgan fingerprint density at radius 3 is 2.91 bits per heavy atom. The number of anilines is 3. The van der Waals surface area contributed by atoms with Crippen molar-refractivity contribution in [2.24, 2.45) is 0 Å². The summed E-state index contributed by atoms with van der Waals surface area (Å²) >= 11 is 6.20. The molecule has 2 amide bonds. The summed E-state index contributed by atoms with van der Waals surface area (Å²) in [5.74, 6) is 0.839. The number of aryl methyl sites for hydroxylation is 1. The van der Waals surface area contributed by atoms with Crippen LogP contribution in [0.25, 0.3) is 0 Å². The Morgan fingerprint density at radius 2 is 2.17 bits per heavy atom. The number of amides is 2. The van der Waals surface area contributed by atoms with Gasteiger partial charge < -0.3 is 10.2 Å². The Hall–Kier alpha value is -2.27. The molecule has 0 saturated carbocycles. The Balaban J connectivity index is 1.85. The van der Waals surface area contributed by atoms with Crippen molar-refractivity contribution in [3.8, 4) is 0 Å². The highest BCUT2D eigenvalue weighted by Gasteiger charge is 2.27. The minimum atomic E-state index is -0.194. The first kappa shape index (κ1) is 15.6. The molecular formula is C17H19ClN4O. The molecule has 0 spiro atoms. The molecule has 1 aliphatic rings. The normalized spacial score (nSPS) is 13.7. The summed E-state index contributed by atoms with van der Waals surface area (Å²) in [6.07, 6.45) is 1.75. The van der Waals surface area contributed by atoms with Crippen LogP contribution in [-0.4, -0.2) is 30.6 Å². The molecule has 0 unspecified atom stereocenters. The van der Waals surface area contributed by atoms with Gasteiger partial charge in [-0.25, -0.2) is 9.78 Å². The minimum Gasteiger partial charge on any atom is -0.353 e. The Labute approximate surface area is 140 Å². The lowest BCUT2D eigenvalue weighted by molar-refractivity contribution is 0.256. The van der Waals surface area contributed by atoms with Gasteiger partial charge in [0.15, 0.2) is 5.82 Å². The van der Waals surface area contributed by atoms with Crippen LogP contribution in [0.5, 0.6) is 0 Å². The van der Waals surface area contributed by atoms with Crippen molar-refractivity contribution in [1.29, 1.82) is 0 Å². The lowest BCUT2D eigenvalue weighted by Gasteiger charge is -2.36. The maximum absolute atomic E-state index is 12.7. The van der Waals surface area contributed by atoms with Crippen molar-refractivity contribution in [2.45, 2.75) is 13.8 Å². The second-order valence-corrected chi connectivity index (χ2v) is 5.90. The van der Waals surface area contributed by atoms with E-state index in [4.69, 9.17) is 11.6 Å². The summed E-state index contributed by atoms with van der Waals surface area (Å²) in [6.45, 7) is 6.28. The highest BCUT2D eigenvalue weighted by Crippen LogP contribution is 2.31. The average molecular weight is 331 g/mol. The van der Waals surface area contributed by atoms with E-state index >= 15 is 0 Å².